The van der Waals surface area contributed by atoms with Crippen LogP contribution in [0.1, 0.15) is 57.6 Å². The fraction of sp³-hybridized carbons (Fsp3) is 0.387. The van der Waals surface area contributed by atoms with Crippen LogP contribution in [0.25, 0.3) is 0 Å². The molecule has 1 unspecified atom stereocenters. The predicted octanol–water partition coefficient (Wildman–Crippen LogP) is 6.84. The summed E-state index contributed by atoms with van der Waals surface area (Å²) in [4.78, 5) is 12.6. The number of rotatable bonds is 12. The lowest BCUT2D eigenvalue weighted by Gasteiger charge is -2.39. The van der Waals surface area contributed by atoms with Crippen molar-refractivity contribution >= 4 is 17.7 Å². The minimum absolute atomic E-state index is 0.389. The molecule has 0 aliphatic carbocycles. The van der Waals surface area contributed by atoms with E-state index in [1.165, 1.54) is 0 Å². The molecule has 1 amide bonds. The van der Waals surface area contributed by atoms with Gasteiger partial charge in [-0.3, -0.25) is 0 Å². The Hall–Kier alpha value is -3.26. The summed E-state index contributed by atoms with van der Waals surface area (Å²) in [5, 5.41) is 23.8. The van der Waals surface area contributed by atoms with Gasteiger partial charge in [0.05, 0.1) is 18.8 Å². The first-order chi connectivity index (χ1) is 18.6. The van der Waals surface area contributed by atoms with Crippen LogP contribution in [0.15, 0.2) is 72.8 Å². The molecule has 3 aromatic rings. The molecular weight excluding hydrogens is 518 g/mol. The van der Waals surface area contributed by atoms with Crippen LogP contribution >= 0.6 is 11.6 Å². The van der Waals surface area contributed by atoms with Crippen molar-refractivity contribution in [3.8, 4) is 17.2 Å². The number of hydrogen-bond acceptors (Lipinski definition) is 6. The smallest absolute Gasteiger partial charge is 0.408 e. The number of halogens is 1. The minimum atomic E-state index is -1.38. The number of hydrogen-bond donors (Lipinski definition) is 3. The van der Waals surface area contributed by atoms with Crippen molar-refractivity contribution in [2.24, 2.45) is 0 Å². The van der Waals surface area contributed by atoms with E-state index in [4.69, 9.17) is 25.8 Å². The highest BCUT2D eigenvalue weighted by molar-refractivity contribution is 6.31. The third-order valence-electron chi connectivity index (χ3n) is 6.20. The normalized spacial score (nSPS) is 12.5. The van der Waals surface area contributed by atoms with Crippen molar-refractivity contribution in [1.82, 2.24) is 5.32 Å². The molecule has 0 saturated heterocycles. The lowest BCUT2D eigenvalue weighted by atomic mass is 9.77. The van der Waals surface area contributed by atoms with Crippen LogP contribution in [0, 0.1) is 0 Å². The molecule has 39 heavy (non-hydrogen) atoms. The van der Waals surface area contributed by atoms with Gasteiger partial charge in [0.25, 0.3) is 0 Å². The lowest BCUT2D eigenvalue weighted by molar-refractivity contribution is 0.0215. The summed E-state index contributed by atoms with van der Waals surface area (Å²) in [6, 6.07) is 22.5. The molecule has 8 heteroatoms. The van der Waals surface area contributed by atoms with Crippen molar-refractivity contribution in [2.45, 2.75) is 64.2 Å². The molecule has 0 spiro atoms. The van der Waals surface area contributed by atoms with E-state index in [-0.39, 0.29) is 0 Å². The first-order valence-electron chi connectivity index (χ1n) is 13.1. The van der Waals surface area contributed by atoms with Crippen LogP contribution < -0.4 is 14.8 Å². The Morgan fingerprint density at radius 1 is 0.923 bits per heavy atom. The Bertz CT molecular complexity index is 1210. The number of alkyl carbamates (subject to hydrolysis) is 1. The average Bonchev–Trinajstić information content (AvgIpc) is 2.90. The van der Waals surface area contributed by atoms with Crippen LogP contribution in [0.3, 0.4) is 0 Å². The second-order valence-corrected chi connectivity index (χ2v) is 10.9. The van der Waals surface area contributed by atoms with E-state index in [1.54, 1.807) is 45.0 Å². The molecule has 3 aromatic carbocycles. The fourth-order valence-corrected chi connectivity index (χ4v) is 4.62. The van der Waals surface area contributed by atoms with E-state index in [0.717, 1.165) is 12.0 Å². The standard InChI is InChI=1S/C31H38ClNO6/c1-5-10-27(31(20-34,21-35)33-29(36)39-30(2,3)4)26-16-15-25(18-28(26)32)38-24-14-9-13-23(17-24)37-19-22-11-7-6-8-12-22/h6-9,11-18,27,34-35H,5,10,19-21H2,1-4H3,(H,33,36). The van der Waals surface area contributed by atoms with E-state index in [1.807, 2.05) is 55.5 Å². The van der Waals surface area contributed by atoms with Gasteiger partial charge in [-0.2, -0.15) is 0 Å². The summed E-state index contributed by atoms with van der Waals surface area (Å²) < 4.78 is 17.3. The second kappa shape index (κ2) is 13.7. The summed E-state index contributed by atoms with van der Waals surface area (Å²) in [7, 11) is 0. The third kappa shape index (κ3) is 8.62. The molecule has 0 bridgehead atoms. The molecule has 0 saturated carbocycles. The Morgan fingerprint density at radius 2 is 1.59 bits per heavy atom. The second-order valence-electron chi connectivity index (χ2n) is 10.5. The maximum absolute atomic E-state index is 12.6. The van der Waals surface area contributed by atoms with Gasteiger partial charge in [0.1, 0.15) is 29.5 Å². The maximum atomic E-state index is 12.6. The molecule has 1 atom stereocenters. The molecule has 0 aromatic heterocycles. The number of benzene rings is 3. The number of amides is 1. The molecule has 0 heterocycles. The maximum Gasteiger partial charge on any atom is 0.408 e. The average molecular weight is 556 g/mol. The van der Waals surface area contributed by atoms with Crippen molar-refractivity contribution in [3.05, 3.63) is 88.9 Å². The van der Waals surface area contributed by atoms with E-state index < -0.39 is 36.4 Å². The molecule has 0 fully saturated rings. The number of nitrogens with one attached hydrogen (secondary N) is 1. The first kappa shape index (κ1) is 30.3. The van der Waals surface area contributed by atoms with Crippen LogP contribution in [0.5, 0.6) is 17.2 Å². The van der Waals surface area contributed by atoms with Gasteiger partial charge in [-0.25, -0.2) is 4.79 Å². The third-order valence-corrected chi connectivity index (χ3v) is 6.52. The van der Waals surface area contributed by atoms with Crippen molar-refractivity contribution in [2.75, 3.05) is 13.2 Å². The van der Waals surface area contributed by atoms with Gasteiger partial charge in [-0.05, 0) is 62.6 Å². The zero-order valence-electron chi connectivity index (χ0n) is 22.9. The topological polar surface area (TPSA) is 97.3 Å². The van der Waals surface area contributed by atoms with E-state index in [2.05, 4.69) is 5.32 Å². The quantitative estimate of drug-likeness (QED) is 0.226. The number of carbonyl (C=O) groups excluding carboxylic acids is 1. The molecule has 210 valence electrons. The van der Waals surface area contributed by atoms with Crippen LogP contribution in [0.2, 0.25) is 5.02 Å². The van der Waals surface area contributed by atoms with Crippen molar-refractivity contribution in [1.29, 1.82) is 0 Å². The van der Waals surface area contributed by atoms with Gasteiger partial charge >= 0.3 is 6.09 Å². The van der Waals surface area contributed by atoms with Crippen molar-refractivity contribution in [3.63, 3.8) is 0 Å². The summed E-state index contributed by atoms with van der Waals surface area (Å²) in [6.07, 6.45) is 0.557. The highest BCUT2D eigenvalue weighted by atomic mass is 35.5. The zero-order valence-corrected chi connectivity index (χ0v) is 23.7. The minimum Gasteiger partial charge on any atom is -0.489 e. The SMILES string of the molecule is CCCC(c1ccc(Oc2cccc(OCc3ccccc3)c2)cc1Cl)C(CO)(CO)NC(=O)OC(C)(C)C. The molecule has 7 nitrogen and oxygen atoms in total. The Labute approximate surface area is 235 Å². The molecule has 3 N–H and O–H groups in total. The number of ether oxygens (including phenoxy) is 3. The lowest BCUT2D eigenvalue weighted by Crippen LogP contribution is -2.59. The number of aliphatic hydroxyl groups is 2. The van der Waals surface area contributed by atoms with E-state index >= 15 is 0 Å². The fourth-order valence-electron chi connectivity index (χ4n) is 4.32. The van der Waals surface area contributed by atoms with Gasteiger partial charge in [-0.1, -0.05) is 67.4 Å². The van der Waals surface area contributed by atoms with E-state index in [0.29, 0.717) is 40.9 Å². The van der Waals surface area contributed by atoms with Gasteiger partial charge in [-0.15, -0.1) is 0 Å². The molecule has 0 radical (unpaired) electrons. The Balaban J connectivity index is 1.79. The van der Waals surface area contributed by atoms with Crippen molar-refractivity contribution < 1.29 is 29.2 Å². The molecule has 3 rings (SSSR count). The van der Waals surface area contributed by atoms with Gasteiger partial charge < -0.3 is 29.7 Å². The predicted molar refractivity (Wildman–Crippen MR) is 153 cm³/mol. The summed E-state index contributed by atoms with van der Waals surface area (Å²) >= 11 is 6.73. The summed E-state index contributed by atoms with van der Waals surface area (Å²) in [5.41, 5.74) is -0.378. The molecule has 0 aliphatic rings. The zero-order chi connectivity index (χ0) is 28.5. The van der Waals surface area contributed by atoms with Crippen LogP contribution in [-0.2, 0) is 11.3 Å². The highest BCUT2D eigenvalue weighted by Crippen LogP contribution is 2.39. The van der Waals surface area contributed by atoms with Crippen LogP contribution in [0.4, 0.5) is 4.79 Å². The Morgan fingerprint density at radius 3 is 2.21 bits per heavy atom. The summed E-state index contributed by atoms with van der Waals surface area (Å²) in [6.45, 7) is 6.66. The monoisotopic (exact) mass is 555 g/mol. The molecule has 0 aliphatic heterocycles. The van der Waals surface area contributed by atoms with E-state index in [9.17, 15) is 15.0 Å². The highest BCUT2D eigenvalue weighted by Gasteiger charge is 2.42. The summed E-state index contributed by atoms with van der Waals surface area (Å²) in [5.74, 6) is 1.28. The number of carbonyl (C=O) groups is 1. The van der Waals surface area contributed by atoms with Gasteiger partial charge in [0, 0.05) is 17.0 Å². The van der Waals surface area contributed by atoms with Gasteiger partial charge in [0.15, 0.2) is 0 Å². The largest absolute Gasteiger partial charge is 0.489 e. The Kier molecular flexibility index (Phi) is 10.6. The van der Waals surface area contributed by atoms with Gasteiger partial charge in [0.2, 0.25) is 0 Å². The first-order valence-corrected chi connectivity index (χ1v) is 13.4. The van der Waals surface area contributed by atoms with Crippen LogP contribution in [-0.4, -0.2) is 40.7 Å². The number of aliphatic hydroxyl groups excluding tert-OH is 2. The molecular formula is C31H38ClNO6.